The molecule has 2 nitrogen and oxygen atoms in total. The van der Waals surface area contributed by atoms with E-state index in [0.29, 0.717) is 6.10 Å². The fourth-order valence-electron chi connectivity index (χ4n) is 3.45. The number of fused-ring (bicyclic) bond motifs is 2. The highest BCUT2D eigenvalue weighted by atomic mass is 16.5. The molecule has 2 fully saturated rings. The molecule has 1 aromatic heterocycles. The maximum absolute atomic E-state index is 6.07. The van der Waals surface area contributed by atoms with Crippen LogP contribution in [0.5, 0.6) is 5.88 Å². The molecular formula is C15H21NO. The normalized spacial score (nSPS) is 31.5. The van der Waals surface area contributed by atoms with Gasteiger partial charge in [0.15, 0.2) is 0 Å². The maximum Gasteiger partial charge on any atom is 0.213 e. The summed E-state index contributed by atoms with van der Waals surface area (Å²) in [6, 6.07) is 4.16. The van der Waals surface area contributed by atoms with E-state index in [9.17, 15) is 0 Å². The van der Waals surface area contributed by atoms with Crippen molar-refractivity contribution in [2.75, 3.05) is 0 Å². The molecular weight excluding hydrogens is 210 g/mol. The van der Waals surface area contributed by atoms with Crippen LogP contribution < -0.4 is 4.74 Å². The van der Waals surface area contributed by atoms with Crippen molar-refractivity contribution in [1.29, 1.82) is 0 Å². The number of rotatable bonds is 3. The minimum Gasteiger partial charge on any atom is -0.474 e. The Kier molecular flexibility index (Phi) is 3.04. The molecule has 0 aliphatic heterocycles. The molecule has 1 heterocycles. The number of aromatic nitrogens is 1. The molecule has 0 saturated heterocycles. The molecule has 0 N–H and O–H groups in total. The summed E-state index contributed by atoms with van der Waals surface area (Å²) < 4.78 is 6.07. The molecule has 0 radical (unpaired) electrons. The highest BCUT2D eigenvalue weighted by molar-refractivity contribution is 5.20. The van der Waals surface area contributed by atoms with Gasteiger partial charge in [0.25, 0.3) is 0 Å². The summed E-state index contributed by atoms with van der Waals surface area (Å²) in [5.41, 5.74) is 1.31. The van der Waals surface area contributed by atoms with Gasteiger partial charge in [-0.2, -0.15) is 0 Å². The molecule has 2 heteroatoms. The Morgan fingerprint density at radius 2 is 2.00 bits per heavy atom. The van der Waals surface area contributed by atoms with Crippen molar-refractivity contribution >= 4 is 0 Å². The van der Waals surface area contributed by atoms with E-state index in [2.05, 4.69) is 24.0 Å². The lowest BCUT2D eigenvalue weighted by Crippen LogP contribution is -2.26. The lowest BCUT2D eigenvalue weighted by molar-refractivity contribution is 0.114. The van der Waals surface area contributed by atoms with Crippen LogP contribution in [0.25, 0.3) is 0 Å². The van der Waals surface area contributed by atoms with Crippen LogP contribution >= 0.6 is 0 Å². The molecule has 0 aromatic carbocycles. The highest BCUT2D eigenvalue weighted by Gasteiger charge is 2.35. The predicted octanol–water partition coefficient (Wildman–Crippen LogP) is 3.60. The molecule has 1 unspecified atom stereocenters. The van der Waals surface area contributed by atoms with Crippen LogP contribution in [0, 0.1) is 11.8 Å². The van der Waals surface area contributed by atoms with Gasteiger partial charge in [-0.25, -0.2) is 4.98 Å². The van der Waals surface area contributed by atoms with E-state index in [1.165, 1.54) is 37.7 Å². The number of pyridine rings is 1. The Hall–Kier alpha value is -1.05. The zero-order chi connectivity index (χ0) is 11.7. The Morgan fingerprint density at radius 3 is 2.71 bits per heavy atom. The number of ether oxygens (including phenoxy) is 1. The van der Waals surface area contributed by atoms with Crippen molar-refractivity contribution in [3.8, 4) is 5.88 Å². The van der Waals surface area contributed by atoms with Crippen LogP contribution in [0.1, 0.15) is 44.6 Å². The molecule has 2 aliphatic rings. The second kappa shape index (κ2) is 4.67. The average molecular weight is 231 g/mol. The third-order valence-corrected chi connectivity index (χ3v) is 4.34. The summed E-state index contributed by atoms with van der Waals surface area (Å²) >= 11 is 0. The molecule has 17 heavy (non-hydrogen) atoms. The largest absolute Gasteiger partial charge is 0.474 e. The number of nitrogens with zero attached hydrogens (tertiary/aromatic N) is 1. The Labute approximate surface area is 103 Å². The van der Waals surface area contributed by atoms with Gasteiger partial charge in [0.2, 0.25) is 5.88 Å². The van der Waals surface area contributed by atoms with Gasteiger partial charge in [-0.3, -0.25) is 0 Å². The van der Waals surface area contributed by atoms with Crippen LogP contribution in [0.3, 0.4) is 0 Å². The van der Waals surface area contributed by atoms with Gasteiger partial charge in [0.05, 0.1) is 0 Å². The van der Waals surface area contributed by atoms with E-state index in [0.717, 1.165) is 24.1 Å². The van der Waals surface area contributed by atoms with Gasteiger partial charge in [0.1, 0.15) is 6.10 Å². The van der Waals surface area contributed by atoms with Gasteiger partial charge in [-0.15, -0.1) is 0 Å². The van der Waals surface area contributed by atoms with Gasteiger partial charge in [-0.1, -0.05) is 19.8 Å². The highest BCUT2D eigenvalue weighted by Crippen LogP contribution is 2.42. The van der Waals surface area contributed by atoms with Crippen LogP contribution in [-0.4, -0.2) is 11.1 Å². The third kappa shape index (κ3) is 2.46. The molecule has 0 spiro atoms. The Bertz CT molecular complexity index is 378. The van der Waals surface area contributed by atoms with E-state index in [-0.39, 0.29) is 0 Å². The molecule has 0 amide bonds. The zero-order valence-corrected chi connectivity index (χ0v) is 10.6. The van der Waals surface area contributed by atoms with Gasteiger partial charge in [0, 0.05) is 12.3 Å². The average Bonchev–Trinajstić information content (AvgIpc) is 2.69. The van der Waals surface area contributed by atoms with Crippen LogP contribution in [0.15, 0.2) is 18.3 Å². The summed E-state index contributed by atoms with van der Waals surface area (Å²) in [7, 11) is 0. The van der Waals surface area contributed by atoms with Crippen molar-refractivity contribution < 1.29 is 4.74 Å². The third-order valence-electron chi connectivity index (χ3n) is 4.34. The van der Waals surface area contributed by atoms with Crippen LogP contribution in [-0.2, 0) is 6.42 Å². The molecule has 2 bridgehead atoms. The number of hydrogen-bond acceptors (Lipinski definition) is 2. The second-order valence-electron chi connectivity index (χ2n) is 5.61. The predicted molar refractivity (Wildman–Crippen MR) is 68.1 cm³/mol. The molecule has 3 rings (SSSR count). The van der Waals surface area contributed by atoms with Crippen molar-refractivity contribution in [3.63, 3.8) is 0 Å². The molecule has 2 saturated carbocycles. The summed E-state index contributed by atoms with van der Waals surface area (Å²) in [5.74, 6) is 2.68. The minimum absolute atomic E-state index is 0.417. The molecule has 2 aliphatic carbocycles. The maximum atomic E-state index is 6.07. The van der Waals surface area contributed by atoms with Crippen LogP contribution in [0.2, 0.25) is 0 Å². The van der Waals surface area contributed by atoms with Crippen molar-refractivity contribution in [1.82, 2.24) is 4.98 Å². The lowest BCUT2D eigenvalue weighted by Gasteiger charge is -2.27. The van der Waals surface area contributed by atoms with E-state index in [1.807, 2.05) is 6.20 Å². The van der Waals surface area contributed by atoms with Crippen molar-refractivity contribution in [2.45, 2.75) is 51.6 Å². The quantitative estimate of drug-likeness (QED) is 0.793. The summed E-state index contributed by atoms with van der Waals surface area (Å²) in [5, 5.41) is 0. The van der Waals surface area contributed by atoms with E-state index < -0.39 is 0 Å². The summed E-state index contributed by atoms with van der Waals surface area (Å²) in [6.45, 7) is 2.17. The van der Waals surface area contributed by atoms with E-state index in [1.54, 1.807) is 0 Å². The minimum atomic E-state index is 0.417. The first kappa shape index (κ1) is 11.1. The van der Waals surface area contributed by atoms with Crippen molar-refractivity contribution in [2.24, 2.45) is 11.8 Å². The van der Waals surface area contributed by atoms with Crippen molar-refractivity contribution in [3.05, 3.63) is 23.9 Å². The molecule has 92 valence electrons. The van der Waals surface area contributed by atoms with Gasteiger partial charge < -0.3 is 4.74 Å². The number of aryl methyl sites for hydroxylation is 1. The topological polar surface area (TPSA) is 22.1 Å². The number of hydrogen-bond donors (Lipinski definition) is 0. The SMILES string of the molecule is CCc1ccnc(OC2C[C@H]3CC[C@@H](C2)C3)c1. The van der Waals surface area contributed by atoms with Gasteiger partial charge >= 0.3 is 0 Å². The second-order valence-corrected chi connectivity index (χ2v) is 5.61. The van der Waals surface area contributed by atoms with Crippen LogP contribution in [0.4, 0.5) is 0 Å². The fourth-order valence-corrected chi connectivity index (χ4v) is 3.45. The first-order valence-corrected chi connectivity index (χ1v) is 6.95. The monoisotopic (exact) mass is 231 g/mol. The zero-order valence-electron chi connectivity index (χ0n) is 10.6. The molecule has 1 aromatic rings. The Balaban J connectivity index is 1.66. The van der Waals surface area contributed by atoms with Gasteiger partial charge in [-0.05, 0) is 49.1 Å². The fraction of sp³-hybridized carbons (Fsp3) is 0.667. The van der Waals surface area contributed by atoms with E-state index >= 15 is 0 Å². The molecule has 3 atom stereocenters. The first-order valence-electron chi connectivity index (χ1n) is 6.95. The smallest absolute Gasteiger partial charge is 0.213 e. The first-order chi connectivity index (χ1) is 8.33. The summed E-state index contributed by atoms with van der Waals surface area (Å²) in [4.78, 5) is 4.33. The Morgan fingerprint density at radius 1 is 1.24 bits per heavy atom. The lowest BCUT2D eigenvalue weighted by atomic mass is 9.87. The standard InChI is InChI=1S/C15H21NO/c1-2-11-5-6-16-15(10-11)17-14-8-12-3-4-13(7-12)9-14/h5-6,10,12-14H,2-4,7-9H2,1H3/t12-,13+,14?. The summed E-state index contributed by atoms with van der Waals surface area (Å²) in [6.07, 6.45) is 10.1. The van der Waals surface area contributed by atoms with E-state index in [4.69, 9.17) is 4.74 Å².